The topological polar surface area (TPSA) is 33.4 Å². The van der Waals surface area contributed by atoms with E-state index in [-0.39, 0.29) is 0 Å². The van der Waals surface area contributed by atoms with E-state index in [1.807, 2.05) is 17.6 Å². The first kappa shape index (κ1) is 15.8. The Balaban J connectivity index is 2.01. The summed E-state index contributed by atoms with van der Waals surface area (Å²) in [6, 6.07) is 10.7. The maximum Gasteiger partial charge on any atom is 0.178 e. The second-order valence-electron chi connectivity index (χ2n) is 5.77. The van der Waals surface area contributed by atoms with Crippen molar-refractivity contribution >= 4 is 22.9 Å². The van der Waals surface area contributed by atoms with Crippen molar-refractivity contribution in [2.75, 3.05) is 11.9 Å². The van der Waals surface area contributed by atoms with Crippen molar-refractivity contribution in [3.8, 4) is 0 Å². The van der Waals surface area contributed by atoms with Crippen molar-refractivity contribution in [3.63, 3.8) is 0 Å². The van der Waals surface area contributed by atoms with Gasteiger partial charge in [-0.3, -0.25) is 0 Å². The lowest BCUT2D eigenvalue weighted by molar-refractivity contribution is 0.882. The molecular weight excluding hydrogens is 308 g/mol. The van der Waals surface area contributed by atoms with Crippen LogP contribution in [-0.2, 0) is 18.8 Å². The number of aromatic nitrogens is 3. The van der Waals surface area contributed by atoms with Crippen LogP contribution < -0.4 is 4.90 Å². The second-order valence-corrected chi connectivity index (χ2v) is 6.04. The third-order valence-corrected chi connectivity index (χ3v) is 4.36. The molecule has 4 nitrogen and oxygen atoms in total. The lowest BCUT2D eigenvalue weighted by atomic mass is 10.0. The summed E-state index contributed by atoms with van der Waals surface area (Å²) in [5.41, 5.74) is 5.67. The van der Waals surface area contributed by atoms with Gasteiger partial charge in [-0.05, 0) is 36.1 Å². The van der Waals surface area contributed by atoms with Gasteiger partial charge in [0.05, 0.1) is 5.69 Å². The van der Waals surface area contributed by atoms with Gasteiger partial charge in [0.25, 0.3) is 0 Å². The van der Waals surface area contributed by atoms with Gasteiger partial charge < -0.3 is 4.90 Å². The molecule has 120 valence electrons. The van der Waals surface area contributed by atoms with E-state index in [1.165, 1.54) is 11.1 Å². The minimum atomic E-state index is 0.460. The first-order chi connectivity index (χ1) is 11.1. The summed E-state index contributed by atoms with van der Waals surface area (Å²) in [6.45, 7) is 4.92. The molecule has 0 aliphatic rings. The van der Waals surface area contributed by atoms with E-state index in [0.29, 0.717) is 5.88 Å². The van der Waals surface area contributed by atoms with Gasteiger partial charge in [-0.2, -0.15) is 5.10 Å². The standard InChI is InChI=1S/C18H21ClN4/c1-4-15-7-5-6-8-16(15)12-22(3)17-9-14(10-19)11-23-18(17)20-13(2)21-23/h5-9,11H,4,10,12H2,1-3H3. The predicted molar refractivity (Wildman–Crippen MR) is 95.2 cm³/mol. The molecular formula is C18H21ClN4. The number of pyridine rings is 1. The molecule has 0 spiro atoms. The number of halogens is 1. The maximum absolute atomic E-state index is 6.04. The average molecular weight is 329 g/mol. The van der Waals surface area contributed by atoms with Crippen LogP contribution in [0.15, 0.2) is 36.5 Å². The largest absolute Gasteiger partial charge is 0.367 e. The number of hydrogen-bond donors (Lipinski definition) is 0. The maximum atomic E-state index is 6.04. The number of anilines is 1. The molecule has 0 N–H and O–H groups in total. The molecule has 0 bridgehead atoms. The Bertz CT molecular complexity index is 825. The van der Waals surface area contributed by atoms with Crippen molar-refractivity contribution in [2.45, 2.75) is 32.7 Å². The highest BCUT2D eigenvalue weighted by molar-refractivity contribution is 6.17. The quantitative estimate of drug-likeness (QED) is 0.664. The Morgan fingerprint density at radius 2 is 1.96 bits per heavy atom. The highest BCUT2D eigenvalue weighted by atomic mass is 35.5. The summed E-state index contributed by atoms with van der Waals surface area (Å²) < 4.78 is 1.82. The van der Waals surface area contributed by atoms with Crippen LogP contribution in [0.2, 0.25) is 0 Å². The first-order valence-corrected chi connectivity index (χ1v) is 8.35. The Labute approximate surface area is 141 Å². The van der Waals surface area contributed by atoms with Gasteiger partial charge in [-0.25, -0.2) is 9.50 Å². The summed E-state index contributed by atoms with van der Waals surface area (Å²) in [4.78, 5) is 6.78. The molecule has 3 rings (SSSR count). The summed E-state index contributed by atoms with van der Waals surface area (Å²) in [5.74, 6) is 1.22. The van der Waals surface area contributed by atoms with Crippen LogP contribution >= 0.6 is 11.6 Å². The second kappa shape index (κ2) is 6.59. The fraction of sp³-hybridized carbons (Fsp3) is 0.333. The van der Waals surface area contributed by atoms with E-state index < -0.39 is 0 Å². The Morgan fingerprint density at radius 3 is 2.65 bits per heavy atom. The fourth-order valence-corrected chi connectivity index (χ4v) is 3.03. The molecule has 23 heavy (non-hydrogen) atoms. The van der Waals surface area contributed by atoms with Gasteiger partial charge in [0.15, 0.2) is 5.65 Å². The van der Waals surface area contributed by atoms with Crippen molar-refractivity contribution in [2.24, 2.45) is 0 Å². The zero-order chi connectivity index (χ0) is 16.4. The molecule has 2 heterocycles. The van der Waals surface area contributed by atoms with Crippen LogP contribution in [-0.4, -0.2) is 21.6 Å². The molecule has 0 aliphatic heterocycles. The Hall–Kier alpha value is -2.07. The van der Waals surface area contributed by atoms with E-state index in [1.54, 1.807) is 0 Å². The number of nitrogens with zero attached hydrogens (tertiary/aromatic N) is 4. The summed E-state index contributed by atoms with van der Waals surface area (Å²) >= 11 is 6.04. The number of hydrogen-bond acceptors (Lipinski definition) is 3. The smallest absolute Gasteiger partial charge is 0.178 e. The Kier molecular flexibility index (Phi) is 4.53. The van der Waals surface area contributed by atoms with Crippen LogP contribution in [0.1, 0.15) is 29.4 Å². The summed E-state index contributed by atoms with van der Waals surface area (Å²) in [5, 5.41) is 4.43. The lowest BCUT2D eigenvalue weighted by Gasteiger charge is -2.22. The molecule has 5 heteroatoms. The number of aryl methyl sites for hydroxylation is 2. The van der Waals surface area contributed by atoms with E-state index in [2.05, 4.69) is 59.3 Å². The zero-order valence-corrected chi connectivity index (χ0v) is 14.5. The van der Waals surface area contributed by atoms with Crippen LogP contribution in [0.25, 0.3) is 5.65 Å². The van der Waals surface area contributed by atoms with Crippen LogP contribution in [0, 0.1) is 6.92 Å². The number of fused-ring (bicyclic) bond motifs is 1. The molecule has 3 aromatic rings. The van der Waals surface area contributed by atoms with E-state index >= 15 is 0 Å². The number of benzene rings is 1. The third-order valence-electron chi connectivity index (χ3n) is 4.05. The molecule has 0 unspecified atom stereocenters. The van der Waals surface area contributed by atoms with E-state index in [4.69, 9.17) is 11.6 Å². The third kappa shape index (κ3) is 3.17. The first-order valence-electron chi connectivity index (χ1n) is 7.82. The molecule has 1 aromatic carbocycles. The normalized spacial score (nSPS) is 11.1. The van der Waals surface area contributed by atoms with Gasteiger partial charge in [-0.15, -0.1) is 11.6 Å². The van der Waals surface area contributed by atoms with Gasteiger partial charge in [0.1, 0.15) is 5.82 Å². The monoisotopic (exact) mass is 328 g/mol. The van der Waals surface area contributed by atoms with E-state index in [0.717, 1.165) is 35.7 Å². The molecule has 0 aliphatic carbocycles. The SMILES string of the molecule is CCc1ccccc1CN(C)c1cc(CCl)cn2nc(C)nc12. The predicted octanol–water partition coefficient (Wildman–Crippen LogP) is 3.98. The van der Waals surface area contributed by atoms with Crippen LogP contribution in [0.4, 0.5) is 5.69 Å². The van der Waals surface area contributed by atoms with Gasteiger partial charge in [0.2, 0.25) is 0 Å². The van der Waals surface area contributed by atoms with Gasteiger partial charge >= 0.3 is 0 Å². The van der Waals surface area contributed by atoms with E-state index in [9.17, 15) is 0 Å². The van der Waals surface area contributed by atoms with Crippen LogP contribution in [0.3, 0.4) is 0 Å². The molecule has 0 saturated carbocycles. The molecule has 0 radical (unpaired) electrons. The van der Waals surface area contributed by atoms with Crippen molar-refractivity contribution in [1.82, 2.24) is 14.6 Å². The lowest BCUT2D eigenvalue weighted by Crippen LogP contribution is -2.18. The zero-order valence-electron chi connectivity index (χ0n) is 13.8. The summed E-state index contributed by atoms with van der Waals surface area (Å²) in [7, 11) is 2.09. The van der Waals surface area contributed by atoms with Crippen molar-refractivity contribution in [3.05, 3.63) is 59.0 Å². The molecule has 0 amide bonds. The highest BCUT2D eigenvalue weighted by Crippen LogP contribution is 2.24. The molecule has 0 atom stereocenters. The fourth-order valence-electron chi connectivity index (χ4n) is 2.88. The van der Waals surface area contributed by atoms with Crippen molar-refractivity contribution < 1.29 is 0 Å². The molecule has 0 fully saturated rings. The number of rotatable bonds is 5. The highest BCUT2D eigenvalue weighted by Gasteiger charge is 2.13. The average Bonchev–Trinajstić information content (AvgIpc) is 2.94. The van der Waals surface area contributed by atoms with Gasteiger partial charge in [-0.1, -0.05) is 31.2 Å². The van der Waals surface area contributed by atoms with Crippen LogP contribution in [0.5, 0.6) is 0 Å². The van der Waals surface area contributed by atoms with Crippen molar-refractivity contribution in [1.29, 1.82) is 0 Å². The van der Waals surface area contributed by atoms with Gasteiger partial charge in [0, 0.05) is 25.7 Å². The molecule has 2 aromatic heterocycles. The minimum Gasteiger partial charge on any atom is -0.367 e. The Morgan fingerprint density at radius 1 is 1.22 bits per heavy atom. The number of alkyl halides is 1. The molecule has 0 saturated heterocycles. The minimum absolute atomic E-state index is 0.460. The summed E-state index contributed by atoms with van der Waals surface area (Å²) in [6.07, 6.45) is 2.98.